The molecule has 3 amide bonds. The van der Waals surface area contributed by atoms with Crippen LogP contribution in [0, 0.1) is 49.4 Å². The largest absolute Gasteiger partial charge is 0.477 e. The Bertz CT molecular complexity index is 4970. The van der Waals surface area contributed by atoms with Gasteiger partial charge in [0.25, 0.3) is 23.6 Å². The molecule has 8 aromatic heterocycles. The van der Waals surface area contributed by atoms with Gasteiger partial charge in [-0.2, -0.15) is 10.2 Å². The van der Waals surface area contributed by atoms with E-state index < -0.39 is 11.9 Å². The molecule has 1 unspecified atom stereocenters. The van der Waals surface area contributed by atoms with Crippen LogP contribution >= 0.6 is 46.4 Å². The number of aryl methyl sites for hydroxylation is 3. The number of nitrogens with one attached hydrogen (secondary N) is 2. The SMILES string of the molecule is CC(=O)CN.CC(=O)CNC(=O)c1cc(Cl)ncn1.CC[C@]12CCC(CC1=O)C2(C)C.Cc1nnc(-c2cc(Cl)ncn2)o1.Cc1nnc(-c2cc(Cl)ncn2)o1.Cc1nnc(-c2cc(N3CCC(C(=O)N4N=CC[C@H]4c4ccccc4)CC3)ncn2)o1.O=C(C1CCNCC1)N1N=CC[C@H]1c1ccccc1.O=C(O)c1cc(Cl)ncn1. The highest BCUT2D eigenvalue weighted by Gasteiger charge is 2.62. The molecule has 2 aromatic carbocycles. The van der Waals surface area contributed by atoms with Crippen LogP contribution in [0.2, 0.25) is 20.6 Å². The smallest absolute Gasteiger partial charge is 0.354 e. The number of ketones is 3. The van der Waals surface area contributed by atoms with Crippen molar-refractivity contribution in [1.82, 2.24) is 101 Å². The molecule has 614 valence electrons. The van der Waals surface area contributed by atoms with Gasteiger partial charge in [0.2, 0.25) is 29.5 Å². The molecule has 4 atom stereocenters. The summed E-state index contributed by atoms with van der Waals surface area (Å²) < 4.78 is 15.8. The number of anilines is 1. The van der Waals surface area contributed by atoms with E-state index in [1.807, 2.05) is 54.9 Å². The lowest BCUT2D eigenvalue weighted by molar-refractivity contribution is -0.138. The van der Waals surface area contributed by atoms with Gasteiger partial charge in [0, 0.05) is 113 Å². The van der Waals surface area contributed by atoms with E-state index in [0.29, 0.717) is 79.8 Å². The number of hydrogen-bond donors (Lipinski definition) is 4. The van der Waals surface area contributed by atoms with Gasteiger partial charge in [0.05, 0.1) is 25.2 Å². The van der Waals surface area contributed by atoms with Gasteiger partial charge in [0.1, 0.15) is 98.2 Å². The Labute approximate surface area is 693 Å². The number of halogens is 4. The number of carbonyl (C=O) groups excluding carboxylic acids is 6. The van der Waals surface area contributed by atoms with Crippen LogP contribution in [0.25, 0.3) is 34.8 Å². The molecule has 2 bridgehead atoms. The average molecular weight is 1680 g/mol. The summed E-state index contributed by atoms with van der Waals surface area (Å²) in [6.07, 6.45) is 19.5. The van der Waals surface area contributed by atoms with Gasteiger partial charge >= 0.3 is 5.97 Å². The first-order valence-electron chi connectivity index (χ1n) is 37.3. The summed E-state index contributed by atoms with van der Waals surface area (Å²) in [7, 11) is 0. The van der Waals surface area contributed by atoms with E-state index in [1.54, 1.807) is 42.9 Å². The van der Waals surface area contributed by atoms with Crippen molar-refractivity contribution in [3.63, 3.8) is 0 Å². The molecule has 4 fully saturated rings. The predicted molar refractivity (Wildman–Crippen MR) is 432 cm³/mol. The van der Waals surface area contributed by atoms with E-state index in [4.69, 9.17) is 70.5 Å². The van der Waals surface area contributed by atoms with Gasteiger partial charge in [-0.1, -0.05) is 128 Å². The maximum atomic E-state index is 13.2. The molecule has 16 rings (SSSR count). The maximum Gasteiger partial charge on any atom is 0.354 e. The molecule has 5 N–H and O–H groups in total. The van der Waals surface area contributed by atoms with E-state index in [9.17, 15) is 33.6 Å². The molecule has 4 aliphatic heterocycles. The van der Waals surface area contributed by atoms with Gasteiger partial charge in [-0.25, -0.2) is 64.7 Å². The summed E-state index contributed by atoms with van der Waals surface area (Å²) in [4.78, 5) is 120. The monoisotopic (exact) mass is 1680 g/mol. The van der Waals surface area contributed by atoms with Gasteiger partial charge in [-0.15, -0.1) is 30.6 Å². The van der Waals surface area contributed by atoms with Gasteiger partial charge in [0.15, 0.2) is 5.69 Å². The van der Waals surface area contributed by atoms with Crippen molar-refractivity contribution >= 4 is 106 Å². The first kappa shape index (κ1) is 89.3. The molecule has 6 aliphatic rings. The zero-order valence-electron chi connectivity index (χ0n) is 65.4. The number of carbonyl (C=O) groups is 7. The highest BCUT2D eigenvalue weighted by atomic mass is 35.5. The number of hydrogen-bond acceptors (Lipinski definition) is 31. The quantitative estimate of drug-likeness (QED) is 0.0735. The number of benzene rings is 2. The van der Waals surface area contributed by atoms with Crippen LogP contribution in [0.15, 0.2) is 146 Å². The molecule has 2 saturated heterocycles. The minimum Gasteiger partial charge on any atom is -0.477 e. The number of carboxylic acid groups (broad SMARTS) is 1. The predicted octanol–water partition coefficient (Wildman–Crippen LogP) is 11.5. The maximum absolute atomic E-state index is 13.2. The summed E-state index contributed by atoms with van der Waals surface area (Å²) >= 11 is 22.2. The minimum absolute atomic E-state index is 0.00554. The number of nitrogens with two attached hydrogens (primary N) is 1. The lowest BCUT2D eigenvalue weighted by Crippen LogP contribution is -2.41. The van der Waals surface area contributed by atoms with Gasteiger partial charge < -0.3 is 39.6 Å². The van der Waals surface area contributed by atoms with Crippen LogP contribution in [0.1, 0.15) is 161 Å². The number of Topliss-reactive ketones (excluding diaryl/α,β-unsaturated/α-hetero) is 3. The van der Waals surface area contributed by atoms with Crippen LogP contribution in [0.5, 0.6) is 0 Å². The third-order valence-electron chi connectivity index (χ3n) is 19.7. The topological polar surface area (TPSA) is 470 Å². The Morgan fingerprint density at radius 1 is 0.556 bits per heavy atom. The number of piperidine rings is 2. The van der Waals surface area contributed by atoms with Crippen LogP contribution in [-0.2, 0) is 24.0 Å². The van der Waals surface area contributed by atoms with E-state index in [1.165, 1.54) is 63.3 Å². The van der Waals surface area contributed by atoms with E-state index >= 15 is 0 Å². The number of hydrazone groups is 2. The molecular formula is C78H88Cl4N24O11. The molecular weight excluding hydrogens is 1590 g/mol. The standard InChI is InChI=1S/C22H23N7O2.C15H19N3O.C11H18O.C8H8ClN3O2.2C7H5ClN4O.C5H3ClN2O2.C3H7NO/c1-15-26-27-21(31-15)18-13-20(24-14-23-18)28-11-8-17(9-12-28)22(30)29-19(7-10-25-29)16-5-3-2-4-6-16;19-15(13-6-9-16-10-7-13)18-14(8-11-17-18)12-4-2-1-3-5-12;1-4-11-6-5-8(7-9(11)12)10(11,2)3;1-5(13)3-10-8(14)6-2-7(9)12-4-11-6;2*1-4-11-12-7(13-4)5-2-6(8)10-3-9-5;6-4-1-3(5(9)10)7-2-8-4;1-3(5)2-4/h2-6,10,13-14,17,19H,7-9,11-12H2,1H3;1-5,11,13-14,16H,6-10H2;8H,4-7H2,1-3H3;2,4H,3H2,1H3,(H,10,14);2*2-3H,1H3;1-2H,(H,9,10);2,4H2,1H3/t19-;14-;8?,11-;;;;;/m000...../s1. The fourth-order valence-electron chi connectivity index (χ4n) is 13.5. The second-order valence-corrected chi connectivity index (χ2v) is 29.3. The van der Waals surface area contributed by atoms with Crippen LogP contribution in [0.4, 0.5) is 5.82 Å². The lowest BCUT2D eigenvalue weighted by atomic mass is 9.67. The fraction of sp³-hybridized carbons (Fsp3) is 0.397. The van der Waals surface area contributed by atoms with Crippen molar-refractivity contribution in [2.24, 2.45) is 44.5 Å². The number of aromatic carboxylic acids is 1. The van der Waals surface area contributed by atoms with Crippen molar-refractivity contribution < 1.29 is 51.9 Å². The normalized spacial score (nSPS) is 18.0. The molecule has 2 saturated carbocycles. The summed E-state index contributed by atoms with van der Waals surface area (Å²) in [5.74, 6) is 3.31. The minimum atomic E-state index is -1.11. The van der Waals surface area contributed by atoms with E-state index in [0.717, 1.165) is 102 Å². The molecule has 39 heteroatoms. The van der Waals surface area contributed by atoms with E-state index in [2.05, 4.69) is 151 Å². The zero-order chi connectivity index (χ0) is 84.2. The van der Waals surface area contributed by atoms with Crippen molar-refractivity contribution in [2.45, 2.75) is 132 Å². The van der Waals surface area contributed by atoms with Crippen molar-refractivity contribution in [1.29, 1.82) is 0 Å². The molecule has 2 aliphatic carbocycles. The summed E-state index contributed by atoms with van der Waals surface area (Å²) in [5.41, 5.74) is 9.17. The summed E-state index contributed by atoms with van der Waals surface area (Å²) in [6.45, 7) is 18.3. The Balaban J connectivity index is 0.000000160. The van der Waals surface area contributed by atoms with Gasteiger partial charge in [-0.05, 0) is 94.3 Å². The lowest BCUT2D eigenvalue weighted by Gasteiger charge is -2.35. The number of nitrogens with zero attached hydrogens (tertiary/aromatic N) is 21. The molecule has 35 nitrogen and oxygen atoms in total. The Morgan fingerprint density at radius 3 is 1.34 bits per heavy atom. The highest BCUT2D eigenvalue weighted by Crippen LogP contribution is 2.65. The average Bonchev–Trinajstić information content (AvgIpc) is 1.56. The Morgan fingerprint density at radius 2 is 0.974 bits per heavy atom. The molecule has 0 radical (unpaired) electrons. The third kappa shape index (κ3) is 25.2. The van der Waals surface area contributed by atoms with Gasteiger partial charge in [-0.3, -0.25) is 28.8 Å². The van der Waals surface area contributed by atoms with Crippen molar-refractivity contribution in [3.8, 4) is 34.8 Å². The Hall–Kier alpha value is -11.6. The Kier molecular flexibility index (Phi) is 33.1. The van der Waals surface area contributed by atoms with Crippen molar-refractivity contribution in [2.75, 3.05) is 44.2 Å². The molecule has 10 aromatic rings. The first-order chi connectivity index (χ1) is 56.2. The summed E-state index contributed by atoms with van der Waals surface area (Å²) in [5, 5.41) is 49.9. The molecule has 12 heterocycles. The van der Waals surface area contributed by atoms with Crippen molar-refractivity contribution in [3.05, 3.63) is 183 Å². The second-order valence-electron chi connectivity index (χ2n) is 27.7. The first-order valence-corrected chi connectivity index (χ1v) is 38.8. The fourth-order valence-corrected chi connectivity index (χ4v) is 14.1. The van der Waals surface area contributed by atoms with Crippen LogP contribution < -0.4 is 21.3 Å². The zero-order valence-corrected chi connectivity index (χ0v) is 68.4. The van der Waals surface area contributed by atoms with Crippen LogP contribution in [-0.4, -0.2) is 188 Å². The number of fused-ring (bicyclic) bond motifs is 2. The number of carboxylic acids is 1. The second kappa shape index (κ2) is 43.4. The summed E-state index contributed by atoms with van der Waals surface area (Å²) in [6, 6.07) is 27.8. The number of amides is 3. The van der Waals surface area contributed by atoms with Crippen LogP contribution in [0.3, 0.4) is 0 Å². The third-order valence-corrected chi connectivity index (χ3v) is 20.6. The van der Waals surface area contributed by atoms with E-state index in [-0.39, 0.29) is 87.5 Å². The number of rotatable bonds is 14. The molecule has 0 spiro atoms. The highest BCUT2D eigenvalue weighted by molar-refractivity contribution is 6.30. The number of aromatic nitrogens is 16. The molecule has 117 heavy (non-hydrogen) atoms.